The summed E-state index contributed by atoms with van der Waals surface area (Å²) in [6, 6.07) is -0.256. The number of hydrogen-bond acceptors (Lipinski definition) is 4. The Morgan fingerprint density at radius 2 is 1.91 bits per heavy atom. The Morgan fingerprint density at radius 1 is 1.23 bits per heavy atom. The van der Waals surface area contributed by atoms with Crippen LogP contribution in [0.15, 0.2) is 12.2 Å². The predicted molar refractivity (Wildman–Crippen MR) is 82.1 cm³/mol. The van der Waals surface area contributed by atoms with Crippen LogP contribution >= 0.6 is 0 Å². The zero-order valence-electron chi connectivity index (χ0n) is 13.7. The zero-order chi connectivity index (χ0) is 16.0. The fraction of sp³-hybridized carbons (Fsp3) is 0.824. The van der Waals surface area contributed by atoms with Gasteiger partial charge in [-0.05, 0) is 32.6 Å². The van der Waals surface area contributed by atoms with Crippen molar-refractivity contribution in [3.8, 4) is 0 Å². The first-order valence-corrected chi connectivity index (χ1v) is 8.36. The lowest BCUT2D eigenvalue weighted by atomic mass is 9.69. The van der Waals surface area contributed by atoms with E-state index in [-0.39, 0.29) is 24.0 Å². The van der Waals surface area contributed by atoms with Crippen molar-refractivity contribution in [3.63, 3.8) is 0 Å². The molecule has 1 saturated heterocycles. The van der Waals surface area contributed by atoms with Crippen molar-refractivity contribution in [2.24, 2.45) is 5.92 Å². The molecule has 5 heteroatoms. The van der Waals surface area contributed by atoms with Crippen molar-refractivity contribution in [1.29, 1.82) is 0 Å². The van der Waals surface area contributed by atoms with Gasteiger partial charge in [0, 0.05) is 6.92 Å². The second kappa shape index (κ2) is 5.62. The van der Waals surface area contributed by atoms with E-state index in [0.29, 0.717) is 0 Å². The van der Waals surface area contributed by atoms with E-state index in [9.17, 15) is 9.90 Å². The molecular weight excluding hydrogens is 282 g/mol. The van der Waals surface area contributed by atoms with Gasteiger partial charge in [-0.25, -0.2) is 0 Å². The third-order valence-electron chi connectivity index (χ3n) is 5.14. The minimum atomic E-state index is -1.01. The zero-order valence-corrected chi connectivity index (χ0v) is 13.7. The number of ether oxygens (including phenoxy) is 2. The number of hydrogen-bond donors (Lipinski definition) is 2. The molecule has 1 aliphatic heterocycles. The highest BCUT2D eigenvalue weighted by atomic mass is 16.8. The Labute approximate surface area is 132 Å². The van der Waals surface area contributed by atoms with Crippen LogP contribution in [-0.2, 0) is 14.3 Å². The lowest BCUT2D eigenvalue weighted by Gasteiger charge is -2.45. The first kappa shape index (κ1) is 16.0. The van der Waals surface area contributed by atoms with E-state index in [4.69, 9.17) is 9.47 Å². The van der Waals surface area contributed by atoms with Crippen LogP contribution in [0.4, 0.5) is 0 Å². The highest BCUT2D eigenvalue weighted by Gasteiger charge is 2.58. The van der Waals surface area contributed by atoms with Crippen LogP contribution in [0.5, 0.6) is 0 Å². The van der Waals surface area contributed by atoms with Crippen molar-refractivity contribution in [1.82, 2.24) is 5.32 Å². The maximum Gasteiger partial charge on any atom is 0.217 e. The van der Waals surface area contributed by atoms with E-state index in [1.807, 2.05) is 26.0 Å². The standard InChI is InChI=1S/C17H27NO4/c1-11(19)18-13-9-10-17(20,12-7-5-4-6-8-12)15-14(13)21-16(2,3)22-15/h9-10,12-15,20H,4-8H2,1-3H3,(H,18,19)/t13-,14+,15+,17-/m1/s1. The molecule has 2 N–H and O–H groups in total. The van der Waals surface area contributed by atoms with Crippen molar-refractivity contribution < 1.29 is 19.4 Å². The molecule has 1 saturated carbocycles. The molecule has 0 spiro atoms. The minimum Gasteiger partial charge on any atom is -0.383 e. The number of carbonyl (C=O) groups excluding carboxylic acids is 1. The van der Waals surface area contributed by atoms with Gasteiger partial charge in [0.15, 0.2) is 5.79 Å². The second-order valence-corrected chi connectivity index (χ2v) is 7.33. The first-order chi connectivity index (χ1) is 10.3. The molecule has 0 aromatic heterocycles. The second-order valence-electron chi connectivity index (χ2n) is 7.33. The van der Waals surface area contributed by atoms with Gasteiger partial charge in [0.2, 0.25) is 5.91 Å². The number of rotatable bonds is 2. The van der Waals surface area contributed by atoms with Crippen molar-refractivity contribution in [3.05, 3.63) is 12.2 Å². The highest BCUT2D eigenvalue weighted by molar-refractivity contribution is 5.73. The van der Waals surface area contributed by atoms with Crippen LogP contribution < -0.4 is 5.32 Å². The van der Waals surface area contributed by atoms with Gasteiger partial charge < -0.3 is 19.9 Å². The smallest absolute Gasteiger partial charge is 0.217 e. The molecule has 22 heavy (non-hydrogen) atoms. The summed E-state index contributed by atoms with van der Waals surface area (Å²) in [5.41, 5.74) is -1.01. The van der Waals surface area contributed by atoms with Gasteiger partial charge in [0.25, 0.3) is 0 Å². The average molecular weight is 309 g/mol. The molecule has 0 aromatic carbocycles. The normalized spacial score (nSPS) is 41.2. The molecule has 3 aliphatic rings. The molecule has 2 aliphatic carbocycles. The predicted octanol–water partition coefficient (Wildman–Crippen LogP) is 1.89. The topological polar surface area (TPSA) is 67.8 Å². The minimum absolute atomic E-state index is 0.107. The highest BCUT2D eigenvalue weighted by Crippen LogP contribution is 2.46. The number of nitrogens with one attached hydrogen (secondary N) is 1. The lowest BCUT2D eigenvalue weighted by Crippen LogP contribution is -2.60. The van der Waals surface area contributed by atoms with Crippen molar-refractivity contribution in [2.45, 2.75) is 82.5 Å². The summed E-state index contributed by atoms with van der Waals surface area (Å²) in [6.45, 7) is 5.21. The summed E-state index contributed by atoms with van der Waals surface area (Å²) in [4.78, 5) is 11.4. The molecule has 124 valence electrons. The Balaban J connectivity index is 1.89. The van der Waals surface area contributed by atoms with E-state index in [1.165, 1.54) is 13.3 Å². The molecule has 0 bridgehead atoms. The molecule has 2 fully saturated rings. The molecule has 0 aromatic rings. The largest absolute Gasteiger partial charge is 0.383 e. The van der Waals surface area contributed by atoms with Gasteiger partial charge in [-0.1, -0.05) is 31.4 Å². The molecular formula is C17H27NO4. The Bertz CT molecular complexity index is 469. The van der Waals surface area contributed by atoms with Crippen molar-refractivity contribution in [2.75, 3.05) is 0 Å². The van der Waals surface area contributed by atoms with Crippen LogP contribution in [0.3, 0.4) is 0 Å². The van der Waals surface area contributed by atoms with Crippen LogP contribution in [-0.4, -0.2) is 40.7 Å². The Kier molecular flexibility index (Phi) is 4.08. The molecule has 0 unspecified atom stereocenters. The number of amides is 1. The fourth-order valence-corrected chi connectivity index (χ4v) is 4.17. The van der Waals surface area contributed by atoms with E-state index in [0.717, 1.165) is 25.7 Å². The molecule has 5 nitrogen and oxygen atoms in total. The maximum atomic E-state index is 11.4. The van der Waals surface area contributed by atoms with E-state index < -0.39 is 17.5 Å². The number of aliphatic hydroxyl groups is 1. The van der Waals surface area contributed by atoms with Gasteiger partial charge in [-0.3, -0.25) is 4.79 Å². The van der Waals surface area contributed by atoms with Gasteiger partial charge >= 0.3 is 0 Å². The SMILES string of the molecule is CC(=O)N[C@@H]1C=C[C@@](O)(C2CCCCC2)[C@H]2OC(C)(C)O[C@@H]12. The molecule has 1 heterocycles. The first-order valence-electron chi connectivity index (χ1n) is 8.36. The van der Waals surface area contributed by atoms with E-state index >= 15 is 0 Å². The van der Waals surface area contributed by atoms with Crippen LogP contribution in [0.1, 0.15) is 52.9 Å². The van der Waals surface area contributed by atoms with Crippen LogP contribution in [0, 0.1) is 5.92 Å². The van der Waals surface area contributed by atoms with E-state index in [1.54, 1.807) is 0 Å². The maximum absolute atomic E-state index is 11.4. The van der Waals surface area contributed by atoms with Gasteiger partial charge in [0.1, 0.15) is 17.8 Å². The molecule has 1 amide bonds. The average Bonchev–Trinajstić information content (AvgIpc) is 2.80. The van der Waals surface area contributed by atoms with Crippen molar-refractivity contribution >= 4 is 5.91 Å². The fourth-order valence-electron chi connectivity index (χ4n) is 4.17. The third kappa shape index (κ3) is 2.82. The Hall–Kier alpha value is -0.910. The van der Waals surface area contributed by atoms with Gasteiger partial charge in [-0.2, -0.15) is 0 Å². The third-order valence-corrected chi connectivity index (χ3v) is 5.14. The Morgan fingerprint density at radius 3 is 2.55 bits per heavy atom. The summed E-state index contributed by atoms with van der Waals surface area (Å²) in [7, 11) is 0. The molecule has 4 atom stereocenters. The summed E-state index contributed by atoms with van der Waals surface area (Å²) in [6.07, 6.45) is 8.49. The van der Waals surface area contributed by atoms with Gasteiger partial charge in [-0.15, -0.1) is 0 Å². The van der Waals surface area contributed by atoms with Crippen LogP contribution in [0.2, 0.25) is 0 Å². The van der Waals surface area contributed by atoms with Crippen LogP contribution in [0.25, 0.3) is 0 Å². The summed E-state index contributed by atoms with van der Waals surface area (Å²) in [5.74, 6) is -0.661. The number of carbonyl (C=O) groups is 1. The number of fused-ring (bicyclic) bond motifs is 1. The quantitative estimate of drug-likeness (QED) is 0.765. The van der Waals surface area contributed by atoms with Gasteiger partial charge in [0.05, 0.1) is 6.04 Å². The van der Waals surface area contributed by atoms with E-state index in [2.05, 4.69) is 5.32 Å². The summed E-state index contributed by atoms with van der Waals surface area (Å²) in [5, 5.41) is 14.2. The monoisotopic (exact) mass is 309 g/mol. The summed E-state index contributed by atoms with van der Waals surface area (Å²) < 4.78 is 12.1. The lowest BCUT2D eigenvalue weighted by molar-refractivity contribution is -0.172. The molecule has 0 radical (unpaired) electrons. The summed E-state index contributed by atoms with van der Waals surface area (Å²) >= 11 is 0. The molecule has 3 rings (SSSR count).